The maximum Gasteiger partial charge on any atom is 0.325 e. The third kappa shape index (κ3) is 2.78. The van der Waals surface area contributed by atoms with Gasteiger partial charge >= 0.3 is 5.69 Å². The van der Waals surface area contributed by atoms with E-state index in [9.17, 15) is 14.4 Å². The number of H-pyrrole nitrogens is 2. The summed E-state index contributed by atoms with van der Waals surface area (Å²) in [6.07, 6.45) is 1.44. The number of aromatic nitrogens is 2. The number of benzene rings is 2. The van der Waals surface area contributed by atoms with E-state index in [1.165, 1.54) is 6.20 Å². The Labute approximate surface area is 187 Å². The van der Waals surface area contributed by atoms with Crippen molar-refractivity contribution in [2.24, 2.45) is 0 Å². The number of hydrogen-bond donors (Lipinski definition) is 3. The molecule has 0 saturated heterocycles. The van der Waals surface area contributed by atoms with Crippen molar-refractivity contribution >= 4 is 49.0 Å². The lowest BCUT2D eigenvalue weighted by Crippen LogP contribution is -2.24. The Kier molecular flexibility index (Phi) is 4.44. The van der Waals surface area contributed by atoms with Crippen molar-refractivity contribution in [1.29, 1.82) is 0 Å². The molecule has 0 radical (unpaired) electrons. The summed E-state index contributed by atoms with van der Waals surface area (Å²) in [7, 11) is 0. The Hall–Kier alpha value is -2.71. The van der Waals surface area contributed by atoms with Crippen LogP contribution in [0.1, 0.15) is 41.0 Å². The molecule has 3 aromatic rings. The average molecular weight is 529 g/mol. The van der Waals surface area contributed by atoms with Gasteiger partial charge in [-0.1, -0.05) is 45.8 Å². The van der Waals surface area contributed by atoms with E-state index in [-0.39, 0.29) is 11.8 Å². The third-order valence-corrected chi connectivity index (χ3v) is 6.88. The summed E-state index contributed by atoms with van der Waals surface area (Å²) in [5.74, 6) is -0.751. The Bertz CT molecular complexity index is 1390. The maximum absolute atomic E-state index is 13.1. The van der Waals surface area contributed by atoms with Gasteiger partial charge in [0.15, 0.2) is 0 Å². The summed E-state index contributed by atoms with van der Waals surface area (Å²) in [4.78, 5) is 42.0. The zero-order chi connectivity index (χ0) is 21.2. The monoisotopic (exact) mass is 527 g/mol. The lowest BCUT2D eigenvalue weighted by Gasteiger charge is -2.21. The number of fused-ring (bicyclic) bond motifs is 2. The number of anilines is 1. The molecule has 2 atom stereocenters. The molecule has 6 nitrogen and oxygen atoms in total. The van der Waals surface area contributed by atoms with E-state index in [1.54, 1.807) is 0 Å². The lowest BCUT2D eigenvalue weighted by molar-refractivity contribution is -0.117. The number of aromatic amines is 2. The number of nitrogens with one attached hydrogen (secondary N) is 3. The first-order valence-electron chi connectivity index (χ1n) is 9.29. The maximum atomic E-state index is 13.1. The van der Waals surface area contributed by atoms with E-state index in [2.05, 4.69) is 47.1 Å². The van der Waals surface area contributed by atoms with Crippen LogP contribution in [0.25, 0.3) is 5.57 Å². The van der Waals surface area contributed by atoms with Crippen LogP contribution in [0.4, 0.5) is 5.69 Å². The number of carbonyl (C=O) groups excluding carboxylic acids is 1. The van der Waals surface area contributed by atoms with E-state index >= 15 is 0 Å². The number of hydrogen-bond acceptors (Lipinski definition) is 3. The highest BCUT2D eigenvalue weighted by molar-refractivity contribution is 9.11. The Morgan fingerprint density at radius 1 is 0.933 bits per heavy atom. The van der Waals surface area contributed by atoms with Gasteiger partial charge in [-0.05, 0) is 57.2 Å². The predicted octanol–water partition coefficient (Wildman–Crippen LogP) is 4.24. The number of allylic oxidation sites excluding steroid dienone is 1. The normalized spacial score (nSPS) is 19.6. The summed E-state index contributed by atoms with van der Waals surface area (Å²) < 4.78 is 1.69. The highest BCUT2D eigenvalue weighted by atomic mass is 79.9. The van der Waals surface area contributed by atoms with E-state index in [0.717, 1.165) is 42.5 Å². The van der Waals surface area contributed by atoms with Gasteiger partial charge < -0.3 is 10.3 Å². The average Bonchev–Trinajstić information content (AvgIpc) is 3.16. The standard InChI is InChI=1S/C22H15Br2N3O3/c1-9-16(14-8-25-22(30)27-20(14)28)11-4-2-3-5-12(11)17(9)18-13-6-10(23)7-15(24)19(13)26-21(18)29/h2-8,17-18H,1H3,(H,26,29)(H2,25,27,28,30). The first kappa shape index (κ1) is 19.3. The second kappa shape index (κ2) is 6.92. The minimum atomic E-state index is -0.552. The second-order valence-corrected chi connectivity index (χ2v) is 9.20. The quantitative estimate of drug-likeness (QED) is 0.464. The van der Waals surface area contributed by atoms with Crippen LogP contribution in [-0.2, 0) is 4.79 Å². The molecule has 8 heteroatoms. The summed E-state index contributed by atoms with van der Waals surface area (Å²) in [6, 6.07) is 11.6. The van der Waals surface area contributed by atoms with Gasteiger partial charge in [0.1, 0.15) is 0 Å². The van der Waals surface area contributed by atoms with Gasteiger partial charge in [0.25, 0.3) is 5.56 Å². The first-order valence-corrected chi connectivity index (χ1v) is 10.9. The second-order valence-electron chi connectivity index (χ2n) is 7.43. The smallest absolute Gasteiger partial charge is 0.324 e. The third-order valence-electron chi connectivity index (χ3n) is 5.80. The van der Waals surface area contributed by atoms with E-state index in [4.69, 9.17) is 0 Å². The predicted molar refractivity (Wildman–Crippen MR) is 122 cm³/mol. The molecule has 0 fully saturated rings. The van der Waals surface area contributed by atoms with Crippen LogP contribution >= 0.6 is 31.9 Å². The van der Waals surface area contributed by atoms with Crippen molar-refractivity contribution in [3.05, 3.63) is 100 Å². The molecule has 1 aliphatic heterocycles. The molecule has 3 N–H and O–H groups in total. The molecule has 30 heavy (non-hydrogen) atoms. The summed E-state index contributed by atoms with van der Waals surface area (Å²) in [5.41, 5.74) is 4.60. The van der Waals surface area contributed by atoms with E-state index in [0.29, 0.717) is 5.56 Å². The van der Waals surface area contributed by atoms with Crippen LogP contribution in [0.5, 0.6) is 0 Å². The molecule has 5 rings (SSSR count). The molecule has 2 heterocycles. The SMILES string of the molecule is CC1=C(c2c[nH]c(=O)[nH]c2=O)c2ccccc2C1C1C(=O)Nc2c(Br)cc(Br)cc21. The molecule has 2 unspecified atom stereocenters. The topological polar surface area (TPSA) is 94.8 Å². The van der Waals surface area contributed by atoms with Gasteiger partial charge in [-0.2, -0.15) is 0 Å². The number of halogens is 2. The highest BCUT2D eigenvalue weighted by Gasteiger charge is 2.44. The van der Waals surface area contributed by atoms with Crippen molar-refractivity contribution in [3.63, 3.8) is 0 Å². The zero-order valence-corrected chi connectivity index (χ0v) is 18.8. The zero-order valence-electron chi connectivity index (χ0n) is 15.7. The van der Waals surface area contributed by atoms with Crippen molar-refractivity contribution in [3.8, 4) is 0 Å². The Morgan fingerprint density at radius 3 is 2.47 bits per heavy atom. The number of carbonyl (C=O) groups is 1. The molecule has 0 bridgehead atoms. The number of rotatable bonds is 2. The molecule has 1 aliphatic carbocycles. The van der Waals surface area contributed by atoms with Crippen LogP contribution in [-0.4, -0.2) is 15.9 Å². The van der Waals surface area contributed by atoms with Gasteiger partial charge in [-0.25, -0.2) is 4.79 Å². The fraction of sp³-hybridized carbons (Fsp3) is 0.136. The van der Waals surface area contributed by atoms with Crippen LogP contribution in [0, 0.1) is 0 Å². The molecule has 2 aromatic carbocycles. The van der Waals surface area contributed by atoms with Crippen LogP contribution < -0.4 is 16.6 Å². The fourth-order valence-electron chi connectivity index (χ4n) is 4.62. The van der Waals surface area contributed by atoms with E-state index < -0.39 is 17.2 Å². The van der Waals surface area contributed by atoms with Crippen molar-refractivity contribution < 1.29 is 4.79 Å². The summed E-state index contributed by atoms with van der Waals surface area (Å²) in [5, 5.41) is 3.00. The van der Waals surface area contributed by atoms with Gasteiger partial charge in [-0.15, -0.1) is 0 Å². The fourth-order valence-corrected chi connectivity index (χ4v) is 5.98. The molecule has 150 valence electrons. The summed E-state index contributed by atoms with van der Waals surface area (Å²) >= 11 is 7.06. The highest BCUT2D eigenvalue weighted by Crippen LogP contribution is 2.54. The first-order chi connectivity index (χ1) is 14.4. The van der Waals surface area contributed by atoms with Crippen LogP contribution in [0.2, 0.25) is 0 Å². The van der Waals surface area contributed by atoms with Crippen LogP contribution in [0.3, 0.4) is 0 Å². The van der Waals surface area contributed by atoms with E-state index in [1.807, 2.05) is 43.3 Å². The Balaban J connectivity index is 1.76. The molecule has 1 amide bonds. The number of amides is 1. The van der Waals surface area contributed by atoms with Gasteiger partial charge in [0.2, 0.25) is 5.91 Å². The largest absolute Gasteiger partial charge is 0.325 e. The lowest BCUT2D eigenvalue weighted by atomic mass is 9.80. The van der Waals surface area contributed by atoms with Crippen LogP contribution in [0.15, 0.2) is 66.7 Å². The van der Waals surface area contributed by atoms with Crippen molar-refractivity contribution in [1.82, 2.24) is 9.97 Å². The molecular formula is C22H15Br2N3O3. The minimum Gasteiger partial charge on any atom is -0.324 e. The minimum absolute atomic E-state index is 0.0837. The van der Waals surface area contributed by atoms with Gasteiger partial charge in [-0.3, -0.25) is 14.6 Å². The van der Waals surface area contributed by atoms with Crippen molar-refractivity contribution in [2.75, 3.05) is 5.32 Å². The van der Waals surface area contributed by atoms with Gasteiger partial charge in [0, 0.05) is 21.1 Å². The Morgan fingerprint density at radius 2 is 1.70 bits per heavy atom. The van der Waals surface area contributed by atoms with Crippen molar-refractivity contribution in [2.45, 2.75) is 18.8 Å². The molecular weight excluding hydrogens is 514 g/mol. The summed E-state index contributed by atoms with van der Waals surface area (Å²) in [6.45, 7) is 1.95. The molecule has 2 aliphatic rings. The molecule has 0 saturated carbocycles. The molecule has 0 spiro atoms. The molecule has 1 aromatic heterocycles. The van der Waals surface area contributed by atoms with Gasteiger partial charge in [0.05, 0.1) is 17.2 Å².